The van der Waals surface area contributed by atoms with Gasteiger partial charge in [-0.3, -0.25) is 4.79 Å². The van der Waals surface area contributed by atoms with Gasteiger partial charge in [0.1, 0.15) is 5.82 Å². The monoisotopic (exact) mass is 303 g/mol. The highest BCUT2D eigenvalue weighted by molar-refractivity contribution is 7.98. The fraction of sp³-hybridized carbons (Fsp3) is 0.375. The minimum absolute atomic E-state index is 0.0602. The van der Waals surface area contributed by atoms with Crippen molar-refractivity contribution in [3.05, 3.63) is 36.0 Å². The van der Waals surface area contributed by atoms with Gasteiger partial charge in [-0.15, -0.1) is 0 Å². The molecule has 0 aliphatic heterocycles. The van der Waals surface area contributed by atoms with Crippen LogP contribution in [0, 0.1) is 0 Å². The van der Waals surface area contributed by atoms with E-state index in [1.165, 1.54) is 0 Å². The number of hydrogen-bond donors (Lipinski definition) is 2. The van der Waals surface area contributed by atoms with Crippen molar-refractivity contribution in [2.75, 3.05) is 24.4 Å². The Labute approximate surface area is 129 Å². The lowest BCUT2D eigenvalue weighted by molar-refractivity contribution is 0.0941. The highest BCUT2D eigenvalue weighted by Crippen LogP contribution is 2.24. The summed E-state index contributed by atoms with van der Waals surface area (Å²) in [5.41, 5.74) is 0.626. The lowest BCUT2D eigenvalue weighted by Crippen LogP contribution is -2.33. The summed E-state index contributed by atoms with van der Waals surface area (Å²) in [6, 6.07) is 7.98. The fourth-order valence-electron chi connectivity index (χ4n) is 2.24. The molecule has 2 aromatic rings. The average molecular weight is 303 g/mol. The number of aromatic nitrogens is 1. The van der Waals surface area contributed by atoms with Gasteiger partial charge in [0, 0.05) is 24.7 Å². The lowest BCUT2D eigenvalue weighted by atomic mass is 10.1. The first kappa shape index (κ1) is 15.6. The Morgan fingerprint density at radius 3 is 2.71 bits per heavy atom. The molecule has 0 saturated carbocycles. The van der Waals surface area contributed by atoms with Crippen LogP contribution in [0.5, 0.6) is 0 Å². The topological polar surface area (TPSA) is 54.0 Å². The van der Waals surface area contributed by atoms with Gasteiger partial charge in [-0.25, -0.2) is 4.98 Å². The van der Waals surface area contributed by atoms with Crippen molar-refractivity contribution in [3.8, 4) is 0 Å². The maximum Gasteiger partial charge on any atom is 0.253 e. The van der Waals surface area contributed by atoms with Crippen molar-refractivity contribution in [1.82, 2.24) is 10.3 Å². The molecule has 5 heteroatoms. The van der Waals surface area contributed by atoms with Gasteiger partial charge in [0.15, 0.2) is 0 Å². The van der Waals surface area contributed by atoms with Crippen LogP contribution in [0.3, 0.4) is 0 Å². The highest BCUT2D eigenvalue weighted by atomic mass is 32.2. The molecule has 1 amide bonds. The minimum atomic E-state index is -0.0602. The summed E-state index contributed by atoms with van der Waals surface area (Å²) >= 11 is 1.79. The number of nitrogens with zero attached hydrogens (tertiary/aromatic N) is 1. The number of carbonyl (C=O) groups is 1. The van der Waals surface area contributed by atoms with E-state index < -0.39 is 0 Å². The van der Waals surface area contributed by atoms with Crippen LogP contribution in [0.15, 0.2) is 30.5 Å². The number of pyridine rings is 1. The number of benzene rings is 1. The minimum Gasteiger partial charge on any atom is -0.373 e. The molecule has 112 valence electrons. The molecule has 0 radical (unpaired) electrons. The van der Waals surface area contributed by atoms with Crippen molar-refractivity contribution in [2.45, 2.75) is 19.4 Å². The molecule has 0 aliphatic rings. The predicted octanol–water partition coefficient (Wildman–Crippen LogP) is 3.15. The van der Waals surface area contributed by atoms with Gasteiger partial charge >= 0.3 is 0 Å². The first-order chi connectivity index (χ1) is 10.2. The van der Waals surface area contributed by atoms with Crippen molar-refractivity contribution >= 4 is 34.3 Å². The summed E-state index contributed by atoms with van der Waals surface area (Å²) in [5.74, 6) is 1.77. The highest BCUT2D eigenvalue weighted by Gasteiger charge is 2.14. The predicted molar refractivity (Wildman–Crippen MR) is 91.2 cm³/mol. The van der Waals surface area contributed by atoms with Gasteiger partial charge in [-0.2, -0.15) is 11.8 Å². The molecule has 0 aliphatic carbocycles. The smallest absolute Gasteiger partial charge is 0.253 e. The third-order valence-electron chi connectivity index (χ3n) is 3.41. The average Bonchev–Trinajstić information content (AvgIpc) is 2.51. The molecule has 2 rings (SSSR count). The van der Waals surface area contributed by atoms with E-state index in [1.54, 1.807) is 18.0 Å². The summed E-state index contributed by atoms with van der Waals surface area (Å²) in [5, 5.41) is 7.99. The maximum absolute atomic E-state index is 12.5. The Hall–Kier alpha value is -1.75. The molecule has 1 aromatic carbocycles. The van der Waals surface area contributed by atoms with Crippen molar-refractivity contribution in [2.24, 2.45) is 0 Å². The van der Waals surface area contributed by atoms with Gasteiger partial charge in [0.05, 0.1) is 5.56 Å². The van der Waals surface area contributed by atoms with E-state index in [4.69, 9.17) is 0 Å². The lowest BCUT2D eigenvalue weighted by Gasteiger charge is -2.15. The Balaban J connectivity index is 2.28. The SMILES string of the molecule is CNc1ncc(C(=O)NC(C)CCSC)c2ccccc12. The summed E-state index contributed by atoms with van der Waals surface area (Å²) < 4.78 is 0. The molecule has 1 atom stereocenters. The van der Waals surface area contributed by atoms with Gasteiger partial charge in [0.25, 0.3) is 5.91 Å². The number of amides is 1. The van der Waals surface area contributed by atoms with Crippen LogP contribution < -0.4 is 10.6 Å². The van der Waals surface area contributed by atoms with Gasteiger partial charge in [0.2, 0.25) is 0 Å². The fourth-order valence-corrected chi connectivity index (χ4v) is 2.83. The van der Waals surface area contributed by atoms with E-state index in [1.807, 2.05) is 38.2 Å². The number of hydrogen-bond acceptors (Lipinski definition) is 4. The normalized spacial score (nSPS) is 12.1. The Bertz CT molecular complexity index is 630. The Morgan fingerprint density at radius 1 is 1.33 bits per heavy atom. The van der Waals surface area contributed by atoms with Gasteiger partial charge < -0.3 is 10.6 Å². The van der Waals surface area contributed by atoms with E-state index in [0.29, 0.717) is 5.56 Å². The first-order valence-corrected chi connectivity index (χ1v) is 8.42. The van der Waals surface area contributed by atoms with E-state index >= 15 is 0 Å². The molecule has 21 heavy (non-hydrogen) atoms. The number of carbonyl (C=O) groups excluding carboxylic acids is 1. The summed E-state index contributed by atoms with van der Waals surface area (Å²) in [6.07, 6.45) is 4.68. The number of thioether (sulfide) groups is 1. The summed E-state index contributed by atoms with van der Waals surface area (Å²) in [6.45, 7) is 2.03. The van der Waals surface area contributed by atoms with Crippen molar-refractivity contribution < 1.29 is 4.79 Å². The Kier molecular flexibility index (Phi) is 5.44. The van der Waals surface area contributed by atoms with Crippen LogP contribution in [0.25, 0.3) is 10.8 Å². The zero-order valence-corrected chi connectivity index (χ0v) is 13.5. The molecule has 0 spiro atoms. The molecule has 2 N–H and O–H groups in total. The molecule has 1 unspecified atom stereocenters. The molecule has 0 bridgehead atoms. The second kappa shape index (κ2) is 7.31. The second-order valence-electron chi connectivity index (χ2n) is 4.97. The Morgan fingerprint density at radius 2 is 2.05 bits per heavy atom. The van der Waals surface area contributed by atoms with E-state index in [-0.39, 0.29) is 11.9 Å². The summed E-state index contributed by atoms with van der Waals surface area (Å²) in [4.78, 5) is 16.8. The standard InChI is InChI=1S/C16H21N3OS/c1-11(8-9-21-3)19-16(20)14-10-18-15(17-2)13-7-5-4-6-12(13)14/h4-7,10-11H,8-9H2,1-3H3,(H,17,18)(H,19,20). The number of nitrogens with one attached hydrogen (secondary N) is 2. The third-order valence-corrected chi connectivity index (χ3v) is 4.05. The third kappa shape index (κ3) is 3.67. The maximum atomic E-state index is 12.5. The van der Waals surface area contributed by atoms with Crippen LogP contribution in [-0.4, -0.2) is 36.0 Å². The van der Waals surface area contributed by atoms with Gasteiger partial charge in [-0.05, 0) is 30.7 Å². The first-order valence-electron chi connectivity index (χ1n) is 7.02. The van der Waals surface area contributed by atoms with Crippen molar-refractivity contribution in [3.63, 3.8) is 0 Å². The van der Waals surface area contributed by atoms with Gasteiger partial charge in [-0.1, -0.05) is 24.3 Å². The molecular weight excluding hydrogens is 282 g/mol. The molecular formula is C16H21N3OS. The summed E-state index contributed by atoms with van der Waals surface area (Å²) in [7, 11) is 1.83. The zero-order valence-electron chi connectivity index (χ0n) is 12.6. The number of anilines is 1. The molecule has 1 aromatic heterocycles. The van der Waals surface area contributed by atoms with Crippen LogP contribution in [-0.2, 0) is 0 Å². The van der Waals surface area contributed by atoms with Crippen LogP contribution in [0.4, 0.5) is 5.82 Å². The molecule has 4 nitrogen and oxygen atoms in total. The van der Waals surface area contributed by atoms with E-state index in [2.05, 4.69) is 21.9 Å². The van der Waals surface area contributed by atoms with Crippen LogP contribution in [0.2, 0.25) is 0 Å². The van der Waals surface area contributed by atoms with Crippen molar-refractivity contribution in [1.29, 1.82) is 0 Å². The zero-order chi connectivity index (χ0) is 15.2. The second-order valence-corrected chi connectivity index (χ2v) is 5.96. The molecule has 0 saturated heterocycles. The van der Waals surface area contributed by atoms with Crippen LogP contribution in [0.1, 0.15) is 23.7 Å². The number of rotatable bonds is 6. The van der Waals surface area contributed by atoms with E-state index in [0.717, 1.165) is 28.8 Å². The largest absolute Gasteiger partial charge is 0.373 e. The van der Waals surface area contributed by atoms with E-state index in [9.17, 15) is 4.79 Å². The number of fused-ring (bicyclic) bond motifs is 1. The quantitative estimate of drug-likeness (QED) is 0.861. The molecule has 1 heterocycles. The molecule has 0 fully saturated rings. The van der Waals surface area contributed by atoms with Crippen LogP contribution >= 0.6 is 11.8 Å².